The van der Waals surface area contributed by atoms with E-state index < -0.39 is 0 Å². The first kappa shape index (κ1) is 20.6. The van der Waals surface area contributed by atoms with Crippen LogP contribution in [0.25, 0.3) is 11.1 Å². The molecule has 0 radical (unpaired) electrons. The molecule has 1 aromatic heterocycles. The van der Waals surface area contributed by atoms with Gasteiger partial charge in [0.25, 0.3) is 0 Å². The highest BCUT2D eigenvalue weighted by Crippen LogP contribution is 2.28. The molecule has 4 heteroatoms. The summed E-state index contributed by atoms with van der Waals surface area (Å²) in [6, 6.07) is 27.3. The standard InChI is InChI=1S/C27H26N4/c1-21-8-6-7-11-26(21)27-14-23(12-13-24(27)15-28)18-31(17-22-9-4-3-5-10-22)19-25-16-29-20-30(25)2/h3-14,16,20H,17-19H2,1-2H3. The lowest BCUT2D eigenvalue weighted by molar-refractivity contribution is 0.242. The van der Waals surface area contributed by atoms with Crippen molar-refractivity contribution in [3.63, 3.8) is 0 Å². The van der Waals surface area contributed by atoms with Crippen molar-refractivity contribution in [2.45, 2.75) is 26.6 Å². The van der Waals surface area contributed by atoms with E-state index in [1.54, 1.807) is 0 Å². The number of benzene rings is 3. The van der Waals surface area contributed by atoms with Gasteiger partial charge in [-0.3, -0.25) is 4.90 Å². The number of hydrogen-bond donors (Lipinski definition) is 0. The van der Waals surface area contributed by atoms with Crippen LogP contribution in [0.2, 0.25) is 0 Å². The fourth-order valence-electron chi connectivity index (χ4n) is 3.92. The molecule has 4 aromatic rings. The highest BCUT2D eigenvalue weighted by Gasteiger charge is 2.13. The van der Waals surface area contributed by atoms with Crippen molar-refractivity contribution >= 4 is 0 Å². The minimum Gasteiger partial charge on any atom is -0.337 e. The Morgan fingerprint density at radius 1 is 0.871 bits per heavy atom. The van der Waals surface area contributed by atoms with E-state index in [1.165, 1.54) is 22.4 Å². The van der Waals surface area contributed by atoms with Gasteiger partial charge in [-0.1, -0.05) is 60.7 Å². The summed E-state index contributed by atoms with van der Waals surface area (Å²) >= 11 is 0. The second-order valence-electron chi connectivity index (χ2n) is 7.93. The van der Waals surface area contributed by atoms with Crippen molar-refractivity contribution in [2.24, 2.45) is 7.05 Å². The quantitative estimate of drug-likeness (QED) is 0.409. The summed E-state index contributed by atoms with van der Waals surface area (Å²) in [5.41, 5.74) is 7.63. The van der Waals surface area contributed by atoms with Gasteiger partial charge in [-0.15, -0.1) is 0 Å². The number of imidazole rings is 1. The Kier molecular flexibility index (Phi) is 6.26. The first-order chi connectivity index (χ1) is 15.1. The molecular weight excluding hydrogens is 380 g/mol. The number of hydrogen-bond acceptors (Lipinski definition) is 3. The summed E-state index contributed by atoms with van der Waals surface area (Å²) in [4.78, 5) is 6.69. The van der Waals surface area contributed by atoms with Crippen LogP contribution in [0.15, 0.2) is 85.3 Å². The first-order valence-corrected chi connectivity index (χ1v) is 10.4. The van der Waals surface area contributed by atoms with Crippen LogP contribution in [0.3, 0.4) is 0 Å². The zero-order valence-corrected chi connectivity index (χ0v) is 18.0. The van der Waals surface area contributed by atoms with Gasteiger partial charge in [0.05, 0.1) is 23.7 Å². The monoisotopic (exact) mass is 406 g/mol. The maximum atomic E-state index is 9.67. The summed E-state index contributed by atoms with van der Waals surface area (Å²) < 4.78 is 2.07. The fourth-order valence-corrected chi connectivity index (χ4v) is 3.92. The second-order valence-corrected chi connectivity index (χ2v) is 7.93. The number of aromatic nitrogens is 2. The van der Waals surface area contributed by atoms with E-state index in [4.69, 9.17) is 0 Å². The molecule has 0 aliphatic rings. The van der Waals surface area contributed by atoms with Crippen LogP contribution >= 0.6 is 0 Å². The molecule has 0 fully saturated rings. The van der Waals surface area contributed by atoms with Crippen molar-refractivity contribution in [3.8, 4) is 17.2 Å². The predicted molar refractivity (Wildman–Crippen MR) is 124 cm³/mol. The Morgan fingerprint density at radius 3 is 2.32 bits per heavy atom. The topological polar surface area (TPSA) is 44.9 Å². The summed E-state index contributed by atoms with van der Waals surface area (Å²) in [7, 11) is 2.03. The van der Waals surface area contributed by atoms with Crippen LogP contribution in [-0.2, 0) is 26.7 Å². The molecule has 154 valence electrons. The Balaban J connectivity index is 1.66. The van der Waals surface area contributed by atoms with Crippen LogP contribution in [0, 0.1) is 18.3 Å². The lowest BCUT2D eigenvalue weighted by atomic mass is 9.94. The SMILES string of the molecule is Cc1ccccc1-c1cc(CN(Cc2ccccc2)Cc2cncn2C)ccc1C#N. The van der Waals surface area contributed by atoms with Crippen LogP contribution in [-0.4, -0.2) is 14.5 Å². The average Bonchev–Trinajstić information content (AvgIpc) is 3.19. The molecule has 0 N–H and O–H groups in total. The van der Waals surface area contributed by atoms with Gasteiger partial charge >= 0.3 is 0 Å². The molecule has 4 nitrogen and oxygen atoms in total. The molecule has 0 aliphatic heterocycles. The number of nitrogens with zero attached hydrogens (tertiary/aromatic N) is 4. The summed E-state index contributed by atoms with van der Waals surface area (Å²) in [6.45, 7) is 4.51. The highest BCUT2D eigenvalue weighted by atomic mass is 15.1. The molecular formula is C27H26N4. The minimum atomic E-state index is 0.708. The van der Waals surface area contributed by atoms with Crippen LogP contribution in [0.5, 0.6) is 0 Å². The lowest BCUT2D eigenvalue weighted by Gasteiger charge is -2.23. The van der Waals surface area contributed by atoms with E-state index in [0.29, 0.717) is 5.56 Å². The molecule has 3 aromatic carbocycles. The highest BCUT2D eigenvalue weighted by molar-refractivity contribution is 5.73. The minimum absolute atomic E-state index is 0.708. The number of aryl methyl sites for hydroxylation is 2. The van der Waals surface area contributed by atoms with Crippen LogP contribution in [0.1, 0.15) is 27.9 Å². The summed E-state index contributed by atoms with van der Waals surface area (Å²) in [5, 5.41) is 9.67. The van der Waals surface area contributed by atoms with E-state index in [1.807, 2.05) is 43.8 Å². The molecule has 0 saturated carbocycles. The normalized spacial score (nSPS) is 10.9. The number of rotatable bonds is 7. The molecule has 0 bridgehead atoms. The van der Waals surface area contributed by atoms with Gasteiger partial charge in [-0.2, -0.15) is 5.26 Å². The van der Waals surface area contributed by atoms with E-state index in [2.05, 4.69) is 76.0 Å². The van der Waals surface area contributed by atoms with Crippen LogP contribution in [0.4, 0.5) is 0 Å². The Hall–Kier alpha value is -3.68. The Bertz CT molecular complexity index is 1200. The molecule has 0 atom stereocenters. The summed E-state index contributed by atoms with van der Waals surface area (Å²) in [6.07, 6.45) is 3.77. The molecule has 0 aliphatic carbocycles. The van der Waals surface area contributed by atoms with Gasteiger partial charge in [0.2, 0.25) is 0 Å². The Labute approximate surface area is 184 Å². The van der Waals surface area contributed by atoms with Gasteiger partial charge in [0.1, 0.15) is 0 Å². The molecule has 0 saturated heterocycles. The average molecular weight is 407 g/mol. The van der Waals surface area contributed by atoms with E-state index in [0.717, 1.165) is 30.8 Å². The zero-order chi connectivity index (χ0) is 21.6. The Morgan fingerprint density at radius 2 is 1.61 bits per heavy atom. The second kappa shape index (κ2) is 9.42. The third-order valence-electron chi connectivity index (χ3n) is 5.60. The van der Waals surface area contributed by atoms with Crippen molar-refractivity contribution in [3.05, 3.63) is 113 Å². The maximum Gasteiger partial charge on any atom is 0.0998 e. The summed E-state index contributed by atoms with van der Waals surface area (Å²) in [5.74, 6) is 0. The largest absolute Gasteiger partial charge is 0.337 e. The lowest BCUT2D eigenvalue weighted by Crippen LogP contribution is -2.23. The van der Waals surface area contributed by atoms with E-state index >= 15 is 0 Å². The van der Waals surface area contributed by atoms with Gasteiger partial charge < -0.3 is 4.57 Å². The third kappa shape index (κ3) is 4.91. The first-order valence-electron chi connectivity index (χ1n) is 10.4. The van der Waals surface area contributed by atoms with Crippen molar-refractivity contribution < 1.29 is 0 Å². The van der Waals surface area contributed by atoms with Gasteiger partial charge in [-0.05, 0) is 41.3 Å². The number of nitriles is 1. The third-order valence-corrected chi connectivity index (χ3v) is 5.60. The van der Waals surface area contributed by atoms with Gasteiger partial charge in [0, 0.05) is 38.4 Å². The molecule has 4 rings (SSSR count). The van der Waals surface area contributed by atoms with Gasteiger partial charge in [0.15, 0.2) is 0 Å². The van der Waals surface area contributed by atoms with E-state index in [-0.39, 0.29) is 0 Å². The van der Waals surface area contributed by atoms with Crippen LogP contribution < -0.4 is 0 Å². The molecule has 1 heterocycles. The molecule has 0 amide bonds. The van der Waals surface area contributed by atoms with Crippen molar-refractivity contribution in [2.75, 3.05) is 0 Å². The van der Waals surface area contributed by atoms with E-state index in [9.17, 15) is 5.26 Å². The van der Waals surface area contributed by atoms with Crippen molar-refractivity contribution in [1.82, 2.24) is 14.5 Å². The maximum absolute atomic E-state index is 9.67. The predicted octanol–water partition coefficient (Wildman–Crippen LogP) is 5.47. The fraction of sp³-hybridized carbons (Fsp3) is 0.185. The van der Waals surface area contributed by atoms with Crippen molar-refractivity contribution in [1.29, 1.82) is 5.26 Å². The molecule has 0 spiro atoms. The molecule has 0 unspecified atom stereocenters. The van der Waals surface area contributed by atoms with Gasteiger partial charge in [-0.25, -0.2) is 4.98 Å². The zero-order valence-electron chi connectivity index (χ0n) is 18.0. The smallest absolute Gasteiger partial charge is 0.0998 e. The molecule has 31 heavy (non-hydrogen) atoms.